The van der Waals surface area contributed by atoms with Crippen molar-refractivity contribution in [3.05, 3.63) is 57.8 Å². The van der Waals surface area contributed by atoms with Gasteiger partial charge in [-0.25, -0.2) is 4.98 Å². The van der Waals surface area contributed by atoms with Crippen LogP contribution in [0.15, 0.2) is 40.0 Å². The lowest BCUT2D eigenvalue weighted by molar-refractivity contribution is -0.0328. The van der Waals surface area contributed by atoms with Crippen molar-refractivity contribution < 1.29 is 22.7 Å². The number of hydrogen-bond donors (Lipinski definition) is 1. The maximum absolute atomic E-state index is 12.5. The van der Waals surface area contributed by atoms with Crippen molar-refractivity contribution in [1.29, 1.82) is 0 Å². The fourth-order valence-electron chi connectivity index (χ4n) is 2.62. The van der Waals surface area contributed by atoms with Crippen LogP contribution in [-0.2, 0) is 11.3 Å². The first-order chi connectivity index (χ1) is 12.7. The van der Waals surface area contributed by atoms with E-state index in [1.807, 2.05) is 6.92 Å². The first-order valence-corrected chi connectivity index (χ1v) is 9.01. The van der Waals surface area contributed by atoms with Crippen molar-refractivity contribution in [1.82, 2.24) is 9.97 Å². The quantitative estimate of drug-likeness (QED) is 0.529. The van der Waals surface area contributed by atoms with E-state index in [1.165, 1.54) is 19.2 Å². The Balaban J connectivity index is 2.14. The first kappa shape index (κ1) is 21.2. The van der Waals surface area contributed by atoms with Gasteiger partial charge in [0.05, 0.1) is 0 Å². The highest BCUT2D eigenvalue weighted by Crippen LogP contribution is 2.37. The lowest BCUT2D eigenvalue weighted by Gasteiger charge is -2.15. The molecule has 0 fully saturated rings. The zero-order chi connectivity index (χ0) is 20.0. The van der Waals surface area contributed by atoms with Crippen LogP contribution in [0.25, 0.3) is 0 Å². The van der Waals surface area contributed by atoms with Crippen molar-refractivity contribution in [3.8, 4) is 0 Å². The van der Waals surface area contributed by atoms with Crippen molar-refractivity contribution >= 4 is 17.5 Å². The number of benzene rings is 1. The molecule has 0 aliphatic heterocycles. The number of hydrogen-bond acceptors (Lipinski definition) is 5. The van der Waals surface area contributed by atoms with Crippen LogP contribution in [0.3, 0.4) is 0 Å². The molecule has 0 saturated carbocycles. The molecule has 1 atom stereocenters. The third kappa shape index (κ3) is 6.51. The highest BCUT2D eigenvalue weighted by atomic mass is 32.2. The number of carbonyl (C=O) groups excluding carboxylic acids is 1. The Morgan fingerprint density at radius 1 is 1.30 bits per heavy atom. The van der Waals surface area contributed by atoms with Gasteiger partial charge in [-0.15, -0.1) is 0 Å². The molecule has 146 valence electrons. The number of thioether (sulfide) groups is 1. The van der Waals surface area contributed by atoms with Crippen LogP contribution in [0.5, 0.6) is 0 Å². The lowest BCUT2D eigenvalue weighted by Crippen LogP contribution is -2.17. The number of nitrogens with zero attached hydrogens (tertiary/aromatic N) is 1. The van der Waals surface area contributed by atoms with Crippen LogP contribution < -0.4 is 5.56 Å². The zero-order valence-corrected chi connectivity index (χ0v) is 15.6. The Morgan fingerprint density at radius 3 is 2.52 bits per heavy atom. The fourth-order valence-corrected chi connectivity index (χ4v) is 3.16. The van der Waals surface area contributed by atoms with Crippen LogP contribution in [0.2, 0.25) is 0 Å². The molecule has 0 radical (unpaired) electrons. The fraction of sp³-hybridized carbons (Fsp3) is 0.389. The highest BCUT2D eigenvalue weighted by molar-refractivity contribution is 8.00. The van der Waals surface area contributed by atoms with E-state index >= 15 is 0 Å². The Morgan fingerprint density at radius 2 is 1.96 bits per heavy atom. The molecular formula is C18H19F3N2O3S. The predicted octanol–water partition coefficient (Wildman–Crippen LogP) is 4.29. The Bertz CT molecular complexity index is 835. The number of methoxy groups -OCH3 is 1. The maximum atomic E-state index is 12.5. The molecule has 0 spiro atoms. The topological polar surface area (TPSA) is 72.0 Å². The summed E-state index contributed by atoms with van der Waals surface area (Å²) in [4.78, 5) is 30.9. The summed E-state index contributed by atoms with van der Waals surface area (Å²) in [5, 5.41) is 0. The number of aromatic nitrogens is 2. The van der Waals surface area contributed by atoms with Gasteiger partial charge in [-0.3, -0.25) is 9.59 Å². The monoisotopic (exact) mass is 400 g/mol. The van der Waals surface area contributed by atoms with Gasteiger partial charge < -0.3 is 9.72 Å². The molecular weight excluding hydrogens is 381 g/mol. The van der Waals surface area contributed by atoms with Crippen molar-refractivity contribution in [2.45, 2.75) is 42.7 Å². The smallest absolute Gasteiger partial charge is 0.377 e. The minimum absolute atomic E-state index is 0.0495. The van der Waals surface area contributed by atoms with Gasteiger partial charge in [-0.1, -0.05) is 19.1 Å². The average Bonchev–Trinajstić information content (AvgIpc) is 2.58. The summed E-state index contributed by atoms with van der Waals surface area (Å²) in [5.41, 5.74) is -3.97. The largest absolute Gasteiger partial charge is 0.446 e. The Hall–Kier alpha value is -2.13. The van der Waals surface area contributed by atoms with E-state index in [2.05, 4.69) is 9.97 Å². The van der Waals surface area contributed by atoms with Crippen molar-refractivity contribution in [3.63, 3.8) is 0 Å². The van der Waals surface area contributed by atoms with Crippen molar-refractivity contribution in [2.75, 3.05) is 7.11 Å². The molecule has 9 heteroatoms. The van der Waals surface area contributed by atoms with Gasteiger partial charge >= 0.3 is 5.51 Å². The van der Waals surface area contributed by atoms with E-state index in [0.29, 0.717) is 6.42 Å². The molecule has 0 aliphatic carbocycles. The van der Waals surface area contributed by atoms with Crippen LogP contribution in [0.1, 0.15) is 47.6 Å². The second-order valence-corrected chi connectivity index (χ2v) is 7.00. The van der Waals surface area contributed by atoms with Crippen LogP contribution in [-0.4, -0.2) is 28.4 Å². The van der Waals surface area contributed by atoms with Crippen LogP contribution >= 0.6 is 11.8 Å². The van der Waals surface area contributed by atoms with Gasteiger partial charge in [0, 0.05) is 24.5 Å². The molecule has 0 amide bonds. The molecule has 0 unspecified atom stereocenters. The first-order valence-electron chi connectivity index (χ1n) is 8.20. The number of ketones is 1. The molecule has 1 N–H and O–H groups in total. The van der Waals surface area contributed by atoms with Crippen LogP contribution in [0, 0.1) is 0 Å². The molecule has 0 saturated heterocycles. The Labute approximate surface area is 158 Å². The highest BCUT2D eigenvalue weighted by Gasteiger charge is 2.29. The molecule has 1 aromatic carbocycles. The number of aromatic amines is 1. The minimum atomic E-state index is -4.34. The third-order valence-electron chi connectivity index (χ3n) is 3.87. The summed E-state index contributed by atoms with van der Waals surface area (Å²) in [6, 6.07) is 7.11. The van der Waals surface area contributed by atoms with Gasteiger partial charge in [0.25, 0.3) is 5.56 Å². The number of nitrogens with one attached hydrogen (secondary N) is 1. The van der Waals surface area contributed by atoms with E-state index in [1.54, 1.807) is 12.1 Å². The molecule has 2 rings (SSSR count). The number of rotatable bonds is 8. The number of carbonyl (C=O) groups is 1. The summed E-state index contributed by atoms with van der Waals surface area (Å²) in [6.45, 7) is 1.96. The van der Waals surface area contributed by atoms with Gasteiger partial charge in [0.15, 0.2) is 5.78 Å². The Kier molecular flexibility index (Phi) is 7.20. The normalized spacial score (nSPS) is 12.8. The van der Waals surface area contributed by atoms with E-state index in [9.17, 15) is 22.8 Å². The second kappa shape index (κ2) is 9.18. The van der Waals surface area contributed by atoms with E-state index in [4.69, 9.17) is 4.74 Å². The summed E-state index contributed by atoms with van der Waals surface area (Å²) in [7, 11) is 1.45. The average molecular weight is 400 g/mol. The summed E-state index contributed by atoms with van der Waals surface area (Å²) >= 11 is -0.180. The number of halogens is 3. The van der Waals surface area contributed by atoms with Gasteiger partial charge in [-0.05, 0) is 41.8 Å². The van der Waals surface area contributed by atoms with Gasteiger partial charge in [0.1, 0.15) is 18.1 Å². The molecule has 1 heterocycles. The minimum Gasteiger partial charge on any atom is -0.377 e. The summed E-state index contributed by atoms with van der Waals surface area (Å²) < 4.78 is 42.2. The van der Waals surface area contributed by atoms with E-state index in [-0.39, 0.29) is 52.9 Å². The second-order valence-electron chi connectivity index (χ2n) is 5.86. The number of ether oxygens (including phenoxy) is 1. The summed E-state index contributed by atoms with van der Waals surface area (Å²) in [5.74, 6) is -0.233. The van der Waals surface area contributed by atoms with Crippen molar-refractivity contribution in [2.24, 2.45) is 0 Å². The number of H-pyrrole nitrogens is 1. The van der Waals surface area contributed by atoms with Gasteiger partial charge in [0.2, 0.25) is 0 Å². The third-order valence-corrected chi connectivity index (χ3v) is 4.61. The molecule has 2 aromatic rings. The SMILES string of the molecule is CC[C@@H](CC(=O)c1cc(=O)[nH]c(COC)n1)c1ccc(SC(F)(F)F)cc1. The zero-order valence-electron chi connectivity index (χ0n) is 14.8. The molecule has 1 aromatic heterocycles. The van der Waals surface area contributed by atoms with Gasteiger partial charge in [-0.2, -0.15) is 13.2 Å². The van der Waals surface area contributed by atoms with Crippen LogP contribution in [0.4, 0.5) is 13.2 Å². The maximum Gasteiger partial charge on any atom is 0.446 e. The lowest BCUT2D eigenvalue weighted by atomic mass is 9.90. The molecule has 27 heavy (non-hydrogen) atoms. The summed E-state index contributed by atoms with van der Waals surface area (Å²) in [6.07, 6.45) is 0.719. The number of Topliss-reactive ketones (excluding diaryl/α,β-unsaturated/α-hetero) is 1. The molecule has 0 aliphatic rings. The predicted molar refractivity (Wildman–Crippen MR) is 95.9 cm³/mol. The molecule has 5 nitrogen and oxygen atoms in total. The number of alkyl halides is 3. The standard InChI is InChI=1S/C18H19F3N2O3S/c1-3-11(12-4-6-13(7-5-12)27-18(19,20)21)8-15(24)14-9-17(25)23-16(22-14)10-26-2/h4-7,9,11H,3,8,10H2,1-2H3,(H,22,23,25)/t11-/m0/s1. The molecule has 0 bridgehead atoms. The van der Waals surface area contributed by atoms with E-state index in [0.717, 1.165) is 11.6 Å². The van der Waals surface area contributed by atoms with E-state index < -0.39 is 11.1 Å².